The quantitative estimate of drug-likeness (QED) is 0.670. The average molecular weight is 273 g/mol. The van der Waals surface area contributed by atoms with E-state index in [0.717, 1.165) is 0 Å². The molecule has 0 aliphatic heterocycles. The molecule has 9 heteroatoms. The predicted molar refractivity (Wildman–Crippen MR) is 59.5 cm³/mol. The van der Waals surface area contributed by atoms with Crippen molar-refractivity contribution in [2.75, 3.05) is 5.73 Å². The van der Waals surface area contributed by atoms with Gasteiger partial charge in [-0.3, -0.25) is 0 Å². The molecule has 100 valence electrons. The molecule has 0 spiro atoms. The number of nitrogen functional groups attached to an aromatic ring is 1. The van der Waals surface area contributed by atoms with E-state index in [1.54, 1.807) is 0 Å². The van der Waals surface area contributed by atoms with Gasteiger partial charge in [0.25, 0.3) is 0 Å². The molecule has 0 atom stereocenters. The number of anilines is 1. The van der Waals surface area contributed by atoms with Crippen molar-refractivity contribution in [3.63, 3.8) is 0 Å². The minimum atomic E-state index is -5.01. The third-order valence-corrected chi connectivity index (χ3v) is 2.25. The van der Waals surface area contributed by atoms with Gasteiger partial charge < -0.3 is 20.6 Å². The number of ether oxygens (including phenoxy) is 1. The Balaban J connectivity index is 2.77. The Hall–Kier alpha value is -2.58. The summed E-state index contributed by atoms with van der Waals surface area (Å²) in [5.74, 6) is -1.69. The number of rotatable bonds is 2. The molecule has 0 radical (unpaired) electrons. The van der Waals surface area contributed by atoms with Crippen LogP contribution < -0.4 is 10.5 Å². The predicted octanol–water partition coefficient (Wildman–Crippen LogP) is 2.62. The number of halogens is 3. The van der Waals surface area contributed by atoms with Gasteiger partial charge in [0.1, 0.15) is 0 Å². The molecule has 0 saturated carbocycles. The third kappa shape index (κ3) is 2.49. The lowest BCUT2D eigenvalue weighted by Crippen LogP contribution is -2.19. The fourth-order valence-electron chi connectivity index (χ4n) is 1.55. The Labute approximate surface area is 103 Å². The van der Waals surface area contributed by atoms with Crippen molar-refractivity contribution in [2.24, 2.45) is 0 Å². The lowest BCUT2D eigenvalue weighted by Gasteiger charge is -2.12. The van der Waals surface area contributed by atoms with E-state index < -0.39 is 28.5 Å². The minimum absolute atomic E-state index is 0.0114. The number of fused-ring (bicyclic) bond motifs is 1. The summed E-state index contributed by atoms with van der Waals surface area (Å²) in [4.78, 5) is 13.3. The van der Waals surface area contributed by atoms with Crippen molar-refractivity contribution in [3.05, 3.63) is 34.4 Å². The Morgan fingerprint density at radius 1 is 1.32 bits per heavy atom. The molecule has 0 amide bonds. The lowest BCUT2D eigenvalue weighted by atomic mass is 10.2. The second-order valence-corrected chi connectivity index (χ2v) is 3.50. The zero-order chi connectivity index (χ0) is 14.2. The zero-order valence-electron chi connectivity index (χ0n) is 9.14. The number of nitrogens with zero attached hydrogens (tertiary/aromatic N) is 2. The molecule has 2 rings (SSSR count). The van der Waals surface area contributed by atoms with E-state index >= 15 is 0 Å². The van der Waals surface area contributed by atoms with Gasteiger partial charge in [0.05, 0.1) is 5.39 Å². The van der Waals surface area contributed by atoms with Gasteiger partial charge in [-0.2, -0.15) is 0 Å². The SMILES string of the molecule is Nc1c([N+](=O)[O-])nc2ccccc2c1OC(F)(F)F. The van der Waals surface area contributed by atoms with Gasteiger partial charge in [0, 0.05) is 0 Å². The second kappa shape index (κ2) is 4.26. The number of hydrogen-bond acceptors (Lipinski definition) is 5. The van der Waals surface area contributed by atoms with Crippen LogP contribution in [0.4, 0.5) is 24.7 Å². The highest BCUT2D eigenvalue weighted by Gasteiger charge is 2.35. The Kier molecular flexibility index (Phi) is 2.89. The highest BCUT2D eigenvalue weighted by Crippen LogP contribution is 2.39. The van der Waals surface area contributed by atoms with Crippen LogP contribution in [0.1, 0.15) is 0 Å². The third-order valence-electron chi connectivity index (χ3n) is 2.25. The maximum Gasteiger partial charge on any atom is 0.573 e. The topological polar surface area (TPSA) is 91.3 Å². The fraction of sp³-hybridized carbons (Fsp3) is 0.100. The van der Waals surface area contributed by atoms with Gasteiger partial charge in [0.15, 0.2) is 17.0 Å². The van der Waals surface area contributed by atoms with E-state index in [2.05, 4.69) is 9.72 Å². The van der Waals surface area contributed by atoms with Crippen molar-refractivity contribution in [1.29, 1.82) is 0 Å². The van der Waals surface area contributed by atoms with E-state index in [-0.39, 0.29) is 10.9 Å². The van der Waals surface area contributed by atoms with Gasteiger partial charge in [-0.25, -0.2) is 0 Å². The van der Waals surface area contributed by atoms with E-state index in [1.165, 1.54) is 24.3 Å². The molecule has 6 nitrogen and oxygen atoms in total. The molecule has 0 unspecified atom stereocenters. The maximum atomic E-state index is 12.3. The molecule has 0 aliphatic rings. The van der Waals surface area contributed by atoms with E-state index in [9.17, 15) is 23.3 Å². The molecular weight excluding hydrogens is 267 g/mol. The summed E-state index contributed by atoms with van der Waals surface area (Å²) in [6, 6.07) is 5.53. The van der Waals surface area contributed by atoms with Gasteiger partial charge in [-0.05, 0) is 22.0 Å². The highest BCUT2D eigenvalue weighted by molar-refractivity contribution is 5.92. The number of para-hydroxylation sites is 1. The van der Waals surface area contributed by atoms with Crippen molar-refractivity contribution in [3.8, 4) is 5.75 Å². The number of nitro groups is 1. The fourth-order valence-corrected chi connectivity index (χ4v) is 1.55. The summed E-state index contributed by atoms with van der Waals surface area (Å²) in [6.07, 6.45) is -5.01. The molecule has 0 aliphatic carbocycles. The first kappa shape index (κ1) is 12.9. The van der Waals surface area contributed by atoms with Crippen LogP contribution in [0.5, 0.6) is 5.75 Å². The van der Waals surface area contributed by atoms with Crippen LogP contribution in [0.25, 0.3) is 10.9 Å². The number of alkyl halides is 3. The summed E-state index contributed by atoms with van der Waals surface area (Å²) < 4.78 is 40.7. The first-order valence-corrected chi connectivity index (χ1v) is 4.88. The first-order chi connectivity index (χ1) is 8.79. The molecule has 0 saturated heterocycles. The smallest absolute Gasteiger partial charge is 0.402 e. The second-order valence-electron chi connectivity index (χ2n) is 3.50. The summed E-state index contributed by atoms with van der Waals surface area (Å²) >= 11 is 0. The standard InChI is InChI=1S/C10H6F3N3O3/c11-10(12,13)19-8-5-3-1-2-4-6(5)15-9(7(8)14)16(17)18/h1-4H,14H2. The van der Waals surface area contributed by atoms with Crippen molar-refractivity contribution < 1.29 is 22.8 Å². The molecule has 2 N–H and O–H groups in total. The van der Waals surface area contributed by atoms with Gasteiger partial charge in [-0.1, -0.05) is 12.1 Å². The lowest BCUT2D eigenvalue weighted by molar-refractivity contribution is -0.388. The molecule has 0 bridgehead atoms. The van der Waals surface area contributed by atoms with E-state index in [0.29, 0.717) is 0 Å². The van der Waals surface area contributed by atoms with Crippen LogP contribution in [-0.4, -0.2) is 16.3 Å². The molecule has 2 aromatic rings. The molecule has 0 fully saturated rings. The van der Waals surface area contributed by atoms with Crippen molar-refractivity contribution in [2.45, 2.75) is 6.36 Å². The number of aromatic nitrogens is 1. The van der Waals surface area contributed by atoms with Crippen molar-refractivity contribution in [1.82, 2.24) is 4.98 Å². The maximum absolute atomic E-state index is 12.3. The van der Waals surface area contributed by atoms with Crippen LogP contribution in [-0.2, 0) is 0 Å². The van der Waals surface area contributed by atoms with Crippen molar-refractivity contribution >= 4 is 22.4 Å². The largest absolute Gasteiger partial charge is 0.573 e. The molecule has 1 aromatic carbocycles. The number of benzene rings is 1. The molecule has 19 heavy (non-hydrogen) atoms. The van der Waals surface area contributed by atoms with E-state index in [1.807, 2.05) is 0 Å². The summed E-state index contributed by atoms with van der Waals surface area (Å²) in [6.45, 7) is 0. The monoisotopic (exact) mass is 273 g/mol. The summed E-state index contributed by atoms with van der Waals surface area (Å²) in [5, 5.41) is 10.7. The number of pyridine rings is 1. The van der Waals surface area contributed by atoms with Crippen LogP contribution in [0.15, 0.2) is 24.3 Å². The Morgan fingerprint density at radius 2 is 1.95 bits per heavy atom. The van der Waals surface area contributed by atoms with Gasteiger partial charge in [-0.15, -0.1) is 13.2 Å². The molecule has 1 aromatic heterocycles. The highest BCUT2D eigenvalue weighted by atomic mass is 19.4. The zero-order valence-corrected chi connectivity index (χ0v) is 9.14. The van der Waals surface area contributed by atoms with Crippen LogP contribution in [0.2, 0.25) is 0 Å². The first-order valence-electron chi connectivity index (χ1n) is 4.88. The normalized spacial score (nSPS) is 11.5. The van der Waals surface area contributed by atoms with E-state index in [4.69, 9.17) is 5.73 Å². The Bertz CT molecular complexity index is 657. The Morgan fingerprint density at radius 3 is 2.53 bits per heavy atom. The van der Waals surface area contributed by atoms with Crippen LogP contribution in [0.3, 0.4) is 0 Å². The number of nitrogens with two attached hydrogens (primary N) is 1. The summed E-state index contributed by atoms with van der Waals surface area (Å²) in [5.41, 5.74) is 4.55. The summed E-state index contributed by atoms with van der Waals surface area (Å²) in [7, 11) is 0. The molecular formula is C10H6F3N3O3. The average Bonchev–Trinajstić information content (AvgIpc) is 2.30. The minimum Gasteiger partial charge on any atom is -0.402 e. The van der Waals surface area contributed by atoms with Gasteiger partial charge >= 0.3 is 12.2 Å². The number of hydrogen-bond donors (Lipinski definition) is 1. The van der Waals surface area contributed by atoms with Crippen LogP contribution in [0, 0.1) is 10.1 Å². The molecule has 1 heterocycles. The van der Waals surface area contributed by atoms with Gasteiger partial charge in [0.2, 0.25) is 0 Å². The van der Waals surface area contributed by atoms with Crippen LogP contribution >= 0.6 is 0 Å².